The second-order valence-electron chi connectivity index (χ2n) is 5.65. The van der Waals surface area contributed by atoms with Crippen LogP contribution < -0.4 is 0 Å². The summed E-state index contributed by atoms with van der Waals surface area (Å²) in [5.74, 6) is -0.00701. The van der Waals surface area contributed by atoms with Crippen LogP contribution in [-0.4, -0.2) is 59.0 Å². The van der Waals surface area contributed by atoms with Gasteiger partial charge in [-0.3, -0.25) is 0 Å². The molecular formula is C15H13N5O5S2. The topological polar surface area (TPSA) is 128 Å². The van der Waals surface area contributed by atoms with E-state index in [0.717, 1.165) is 11.3 Å². The summed E-state index contributed by atoms with van der Waals surface area (Å²) in [7, 11) is -2.59. The summed E-state index contributed by atoms with van der Waals surface area (Å²) in [5, 5.41) is 5.38. The van der Waals surface area contributed by atoms with Crippen molar-refractivity contribution in [3.8, 4) is 11.6 Å². The maximum absolute atomic E-state index is 12.8. The molecule has 0 N–H and O–H groups in total. The molecule has 0 spiro atoms. The number of rotatable bonds is 5. The van der Waals surface area contributed by atoms with E-state index in [1.165, 1.54) is 17.5 Å². The van der Waals surface area contributed by atoms with Crippen molar-refractivity contribution in [2.45, 2.75) is 10.8 Å². The molecule has 1 fully saturated rings. The van der Waals surface area contributed by atoms with Crippen LogP contribution in [0.2, 0.25) is 0 Å². The Balaban J connectivity index is 1.49. The van der Waals surface area contributed by atoms with Gasteiger partial charge in [0, 0.05) is 25.5 Å². The Morgan fingerprint density at radius 3 is 2.74 bits per heavy atom. The third-order valence-corrected chi connectivity index (χ3v) is 6.92. The summed E-state index contributed by atoms with van der Waals surface area (Å²) in [6.45, 7) is 0.353. The van der Waals surface area contributed by atoms with Crippen LogP contribution in [0.5, 0.6) is 0 Å². The van der Waals surface area contributed by atoms with Crippen molar-refractivity contribution >= 4 is 27.3 Å². The van der Waals surface area contributed by atoms with Gasteiger partial charge in [0.25, 0.3) is 0 Å². The predicted octanol–water partition coefficient (Wildman–Crippen LogP) is 1.16. The van der Waals surface area contributed by atoms with Gasteiger partial charge in [-0.05, 0) is 17.5 Å². The second kappa shape index (κ2) is 6.79. The fourth-order valence-electron chi connectivity index (χ4n) is 2.58. The van der Waals surface area contributed by atoms with E-state index < -0.39 is 16.0 Å². The second-order valence-corrected chi connectivity index (χ2v) is 8.48. The summed E-state index contributed by atoms with van der Waals surface area (Å²) < 4.78 is 36.6. The molecule has 4 rings (SSSR count). The van der Waals surface area contributed by atoms with Gasteiger partial charge in [0.15, 0.2) is 0 Å². The van der Waals surface area contributed by atoms with E-state index in [1.807, 2.05) is 0 Å². The number of thiophene rings is 1. The molecule has 0 aromatic carbocycles. The zero-order valence-electron chi connectivity index (χ0n) is 14.0. The summed E-state index contributed by atoms with van der Waals surface area (Å²) >= 11 is 1.02. The van der Waals surface area contributed by atoms with Gasteiger partial charge in [-0.2, -0.15) is 9.29 Å². The van der Waals surface area contributed by atoms with E-state index in [4.69, 9.17) is 4.52 Å². The molecule has 0 atom stereocenters. The highest BCUT2D eigenvalue weighted by molar-refractivity contribution is 7.89. The molecular weight excluding hydrogens is 394 g/mol. The Morgan fingerprint density at radius 1 is 1.30 bits per heavy atom. The van der Waals surface area contributed by atoms with Crippen LogP contribution in [0.15, 0.2) is 39.3 Å². The minimum absolute atomic E-state index is 0.0540. The van der Waals surface area contributed by atoms with Crippen molar-refractivity contribution in [1.82, 2.24) is 24.4 Å². The molecule has 10 nitrogen and oxygen atoms in total. The molecule has 0 unspecified atom stereocenters. The average molecular weight is 407 g/mol. The van der Waals surface area contributed by atoms with E-state index in [9.17, 15) is 13.2 Å². The minimum Gasteiger partial charge on any atom is -0.465 e. The summed E-state index contributed by atoms with van der Waals surface area (Å²) in [6, 6.07) is 3.07. The van der Waals surface area contributed by atoms with Gasteiger partial charge >= 0.3 is 5.97 Å². The number of carbonyl (C=O) groups is 1. The van der Waals surface area contributed by atoms with E-state index in [0.29, 0.717) is 11.7 Å². The normalized spacial score (nSPS) is 15.4. The van der Waals surface area contributed by atoms with Gasteiger partial charge in [-0.25, -0.2) is 23.2 Å². The standard InChI is InChI=1S/C15H13N5O5S2/c1-24-15(21)11-10(3-6-26-11)27(22,23)20-7-9(8-20)14-18-13(19-25-14)12-16-4-2-5-17-12/h2-6,9H,7-8H2,1H3. The molecule has 0 amide bonds. The fraction of sp³-hybridized carbons (Fsp3) is 0.267. The van der Waals surface area contributed by atoms with Crippen LogP contribution in [0.1, 0.15) is 21.5 Å². The number of ether oxygens (including phenoxy) is 1. The number of hydrogen-bond donors (Lipinski definition) is 0. The van der Waals surface area contributed by atoms with Crippen LogP contribution in [0.25, 0.3) is 11.6 Å². The Labute approximate surface area is 157 Å². The Bertz CT molecular complexity index is 1070. The lowest BCUT2D eigenvalue weighted by molar-refractivity contribution is 0.0602. The lowest BCUT2D eigenvalue weighted by Crippen LogP contribution is -2.48. The number of esters is 1. The number of sulfonamides is 1. The highest BCUT2D eigenvalue weighted by Gasteiger charge is 2.42. The molecule has 0 aliphatic carbocycles. The highest BCUT2D eigenvalue weighted by Crippen LogP contribution is 2.34. The Kier molecular flexibility index (Phi) is 4.45. The fourth-order valence-corrected chi connectivity index (χ4v) is 5.42. The van der Waals surface area contributed by atoms with E-state index in [1.54, 1.807) is 23.8 Å². The molecule has 1 saturated heterocycles. The molecule has 0 saturated carbocycles. The van der Waals surface area contributed by atoms with Crippen LogP contribution >= 0.6 is 11.3 Å². The third kappa shape index (κ3) is 3.11. The highest BCUT2D eigenvalue weighted by atomic mass is 32.2. The minimum atomic E-state index is -3.80. The SMILES string of the molecule is COC(=O)c1sccc1S(=O)(=O)N1CC(c2nc(-c3ncccn3)no2)C1. The molecule has 27 heavy (non-hydrogen) atoms. The Hall–Kier alpha value is -2.70. The molecule has 140 valence electrons. The molecule has 3 aromatic rings. The van der Waals surface area contributed by atoms with Gasteiger partial charge in [-0.15, -0.1) is 11.3 Å². The van der Waals surface area contributed by atoms with Gasteiger partial charge < -0.3 is 9.26 Å². The van der Waals surface area contributed by atoms with E-state index in [-0.39, 0.29) is 34.6 Å². The number of hydrogen-bond acceptors (Lipinski definition) is 10. The molecule has 1 aliphatic rings. The maximum Gasteiger partial charge on any atom is 0.349 e. The van der Waals surface area contributed by atoms with Gasteiger partial charge in [-0.1, -0.05) is 5.16 Å². The zero-order chi connectivity index (χ0) is 19.0. The largest absolute Gasteiger partial charge is 0.465 e. The van der Waals surface area contributed by atoms with Gasteiger partial charge in [0.1, 0.15) is 9.77 Å². The number of aromatic nitrogens is 4. The first-order valence-corrected chi connectivity index (χ1v) is 10.1. The zero-order valence-corrected chi connectivity index (χ0v) is 15.6. The summed E-state index contributed by atoms with van der Waals surface area (Å²) in [5.41, 5.74) is 0. The van der Waals surface area contributed by atoms with Gasteiger partial charge in [0.05, 0.1) is 13.0 Å². The molecule has 12 heteroatoms. The van der Waals surface area contributed by atoms with Crippen molar-refractivity contribution < 1.29 is 22.5 Å². The molecule has 4 heterocycles. The van der Waals surface area contributed by atoms with Crippen LogP contribution in [0.3, 0.4) is 0 Å². The lowest BCUT2D eigenvalue weighted by Gasteiger charge is -2.35. The smallest absolute Gasteiger partial charge is 0.349 e. The van der Waals surface area contributed by atoms with Crippen LogP contribution in [0, 0.1) is 0 Å². The monoisotopic (exact) mass is 407 g/mol. The summed E-state index contributed by atoms with van der Waals surface area (Å²) in [6.07, 6.45) is 3.13. The number of nitrogens with zero attached hydrogens (tertiary/aromatic N) is 5. The quantitative estimate of drug-likeness (QED) is 0.572. The number of methoxy groups -OCH3 is 1. The van der Waals surface area contributed by atoms with Crippen LogP contribution in [-0.2, 0) is 14.8 Å². The first-order chi connectivity index (χ1) is 13.0. The summed E-state index contributed by atoms with van der Waals surface area (Å²) in [4.78, 5) is 24.1. The van der Waals surface area contributed by atoms with Crippen molar-refractivity contribution in [2.75, 3.05) is 20.2 Å². The van der Waals surface area contributed by atoms with Crippen molar-refractivity contribution in [3.63, 3.8) is 0 Å². The predicted molar refractivity (Wildman–Crippen MR) is 92.5 cm³/mol. The molecule has 0 radical (unpaired) electrons. The average Bonchev–Trinajstić information content (AvgIpc) is 3.30. The van der Waals surface area contributed by atoms with E-state index >= 15 is 0 Å². The first kappa shape index (κ1) is 17.7. The Morgan fingerprint density at radius 2 is 2.04 bits per heavy atom. The molecule has 3 aromatic heterocycles. The molecule has 1 aliphatic heterocycles. The van der Waals surface area contributed by atoms with Crippen molar-refractivity contribution in [1.29, 1.82) is 0 Å². The number of carbonyl (C=O) groups excluding carboxylic acids is 1. The lowest BCUT2D eigenvalue weighted by atomic mass is 10.0. The van der Waals surface area contributed by atoms with E-state index in [2.05, 4.69) is 24.8 Å². The molecule has 0 bridgehead atoms. The maximum atomic E-state index is 12.8. The first-order valence-electron chi connectivity index (χ1n) is 7.77. The van der Waals surface area contributed by atoms with Crippen LogP contribution in [0.4, 0.5) is 0 Å². The van der Waals surface area contributed by atoms with Crippen molar-refractivity contribution in [3.05, 3.63) is 40.7 Å². The van der Waals surface area contributed by atoms with Crippen molar-refractivity contribution in [2.24, 2.45) is 0 Å². The van der Waals surface area contributed by atoms with Gasteiger partial charge in [0.2, 0.25) is 27.6 Å². The third-order valence-electron chi connectivity index (χ3n) is 4.02.